The van der Waals surface area contributed by atoms with Crippen LogP contribution < -0.4 is 5.32 Å². The fraction of sp³-hybridized carbons (Fsp3) is 0.250. The van der Waals surface area contributed by atoms with Gasteiger partial charge in [-0.25, -0.2) is 0 Å². The number of piperazine rings is 1. The first-order valence-electron chi connectivity index (χ1n) is 5.53. The van der Waals surface area contributed by atoms with Crippen LogP contribution in [-0.4, -0.2) is 35.2 Å². The molecule has 0 aliphatic carbocycles. The van der Waals surface area contributed by atoms with Crippen molar-refractivity contribution in [3.05, 3.63) is 28.2 Å². The smallest absolute Gasteiger partial charge is 0.256 e. The van der Waals surface area contributed by atoms with Crippen LogP contribution in [0, 0.1) is 0 Å². The normalized spacial score (nSPS) is 19.3. The van der Waals surface area contributed by atoms with E-state index in [9.17, 15) is 14.4 Å². The molecule has 5 nitrogen and oxygen atoms in total. The van der Waals surface area contributed by atoms with Crippen molar-refractivity contribution >= 4 is 46.3 Å². The van der Waals surface area contributed by atoms with E-state index in [2.05, 4.69) is 33.9 Å². The molecule has 1 aliphatic heterocycles. The van der Waals surface area contributed by atoms with E-state index in [-0.39, 0.29) is 12.5 Å². The predicted octanol–water partition coefficient (Wildman–Crippen LogP) is 1.22. The lowest BCUT2D eigenvalue weighted by Gasteiger charge is -2.31. The van der Waals surface area contributed by atoms with Crippen molar-refractivity contribution in [1.29, 1.82) is 0 Å². The van der Waals surface area contributed by atoms with Crippen molar-refractivity contribution < 1.29 is 14.4 Å². The number of hydrogen-bond donors (Lipinski definition) is 2. The summed E-state index contributed by atoms with van der Waals surface area (Å²) >= 11 is 7.46. The maximum Gasteiger partial charge on any atom is 0.256 e. The molecule has 0 saturated carbocycles. The van der Waals surface area contributed by atoms with Crippen LogP contribution in [0.1, 0.15) is 17.3 Å². The second kappa shape index (κ2) is 5.34. The lowest BCUT2D eigenvalue weighted by Crippen LogP contribution is -2.58. The maximum atomic E-state index is 12.4. The molecule has 100 valence electrons. The molecule has 0 radical (unpaired) electrons. The minimum absolute atomic E-state index is 0.130. The van der Waals surface area contributed by atoms with Gasteiger partial charge in [-0.2, -0.15) is 0 Å². The summed E-state index contributed by atoms with van der Waals surface area (Å²) in [4.78, 5) is 37.2. The number of amides is 3. The number of imide groups is 1. The summed E-state index contributed by atoms with van der Waals surface area (Å²) < 4.78 is 0.598. The highest BCUT2D eigenvalue weighted by atomic mass is 79.9. The Morgan fingerprint density at radius 3 is 2.84 bits per heavy atom. The first kappa shape index (κ1) is 14.1. The van der Waals surface area contributed by atoms with Gasteiger partial charge in [0.2, 0.25) is 11.8 Å². The van der Waals surface area contributed by atoms with Crippen LogP contribution in [0.3, 0.4) is 0 Å². The van der Waals surface area contributed by atoms with Crippen molar-refractivity contribution in [3.8, 4) is 0 Å². The van der Waals surface area contributed by atoms with Crippen LogP contribution >= 0.6 is 28.6 Å². The van der Waals surface area contributed by atoms with Crippen molar-refractivity contribution in [1.82, 2.24) is 10.2 Å². The molecule has 1 unspecified atom stereocenters. The molecule has 1 heterocycles. The van der Waals surface area contributed by atoms with E-state index >= 15 is 0 Å². The molecule has 1 aromatic carbocycles. The monoisotopic (exact) mass is 342 g/mol. The molecule has 0 aromatic heterocycles. The zero-order valence-corrected chi connectivity index (χ0v) is 12.5. The van der Waals surface area contributed by atoms with Crippen molar-refractivity contribution in [3.63, 3.8) is 0 Å². The van der Waals surface area contributed by atoms with E-state index < -0.39 is 17.9 Å². The van der Waals surface area contributed by atoms with E-state index in [1.54, 1.807) is 25.1 Å². The summed E-state index contributed by atoms with van der Waals surface area (Å²) in [5.41, 5.74) is 0.377. The third kappa shape index (κ3) is 2.82. The second-order valence-electron chi connectivity index (χ2n) is 4.19. The minimum Gasteiger partial charge on any atom is -0.318 e. The van der Waals surface area contributed by atoms with Gasteiger partial charge in [0.15, 0.2) is 0 Å². The quantitative estimate of drug-likeness (QED) is 0.595. The predicted molar refractivity (Wildman–Crippen MR) is 75.0 cm³/mol. The van der Waals surface area contributed by atoms with Crippen LogP contribution in [0.2, 0.25) is 0 Å². The molecule has 19 heavy (non-hydrogen) atoms. The molecule has 1 aliphatic rings. The highest BCUT2D eigenvalue weighted by Crippen LogP contribution is 2.23. The SMILES string of the molecule is CC1C(=O)NC(=O)CN1C(=O)c1cc(S)ccc1Br. The number of nitrogens with one attached hydrogen (secondary N) is 1. The second-order valence-corrected chi connectivity index (χ2v) is 5.56. The number of rotatable bonds is 1. The van der Waals surface area contributed by atoms with E-state index in [0.29, 0.717) is 14.9 Å². The molecule has 2 rings (SSSR count). The highest BCUT2D eigenvalue weighted by Gasteiger charge is 2.34. The molecule has 3 amide bonds. The summed E-state index contributed by atoms with van der Waals surface area (Å²) in [5.74, 6) is -1.32. The number of benzene rings is 1. The Labute approximate surface area is 123 Å². The zero-order valence-electron chi connectivity index (χ0n) is 10.0. The van der Waals surface area contributed by atoms with Gasteiger partial charge < -0.3 is 4.90 Å². The Morgan fingerprint density at radius 2 is 2.16 bits per heavy atom. The minimum atomic E-state index is -0.680. The molecule has 7 heteroatoms. The Kier molecular flexibility index (Phi) is 3.96. The van der Waals surface area contributed by atoms with Crippen molar-refractivity contribution in [2.45, 2.75) is 17.9 Å². The molecular weight excluding hydrogens is 332 g/mol. The van der Waals surface area contributed by atoms with Crippen LogP contribution in [0.15, 0.2) is 27.6 Å². The third-order valence-electron chi connectivity index (χ3n) is 2.86. The van der Waals surface area contributed by atoms with E-state index in [4.69, 9.17) is 0 Å². The number of thiol groups is 1. The highest BCUT2D eigenvalue weighted by molar-refractivity contribution is 9.10. The van der Waals surface area contributed by atoms with Gasteiger partial charge in [-0.3, -0.25) is 19.7 Å². The van der Waals surface area contributed by atoms with E-state index in [0.717, 1.165) is 0 Å². The topological polar surface area (TPSA) is 66.5 Å². The van der Waals surface area contributed by atoms with Crippen molar-refractivity contribution in [2.24, 2.45) is 0 Å². The average molecular weight is 343 g/mol. The lowest BCUT2D eigenvalue weighted by molar-refractivity contribution is -0.138. The molecule has 1 fully saturated rings. The zero-order chi connectivity index (χ0) is 14.2. The van der Waals surface area contributed by atoms with Crippen LogP contribution in [0.4, 0.5) is 0 Å². The van der Waals surface area contributed by atoms with Gasteiger partial charge in [-0.1, -0.05) is 0 Å². The standard InChI is InChI=1S/C12H11BrN2O3S/c1-6-11(17)14-10(16)5-15(6)12(18)8-4-7(19)2-3-9(8)13/h2-4,6,19H,5H2,1H3,(H,14,16,17). The van der Waals surface area contributed by atoms with Gasteiger partial charge in [0.25, 0.3) is 5.91 Å². The fourth-order valence-corrected chi connectivity index (χ4v) is 2.41. The summed E-state index contributed by atoms with van der Waals surface area (Å²) in [7, 11) is 0. The summed E-state index contributed by atoms with van der Waals surface area (Å²) in [6, 6.07) is 4.35. The molecule has 1 saturated heterocycles. The number of halogens is 1. The van der Waals surface area contributed by atoms with E-state index in [1.165, 1.54) is 4.90 Å². The number of hydrogen-bond acceptors (Lipinski definition) is 4. The molecule has 1 aromatic rings. The molecule has 1 N–H and O–H groups in total. The Balaban J connectivity index is 2.35. The maximum absolute atomic E-state index is 12.4. The summed E-state index contributed by atoms with van der Waals surface area (Å²) in [6.07, 6.45) is 0. The first-order chi connectivity index (χ1) is 8.90. The van der Waals surface area contributed by atoms with E-state index in [1.807, 2.05) is 0 Å². The molecule has 1 atom stereocenters. The number of carbonyl (C=O) groups is 3. The summed E-state index contributed by atoms with van der Waals surface area (Å²) in [6.45, 7) is 1.45. The number of carbonyl (C=O) groups excluding carboxylic acids is 3. The number of nitrogens with zero attached hydrogens (tertiary/aromatic N) is 1. The van der Waals surface area contributed by atoms with Crippen LogP contribution in [-0.2, 0) is 9.59 Å². The largest absolute Gasteiger partial charge is 0.318 e. The average Bonchev–Trinajstić information content (AvgIpc) is 2.36. The van der Waals surface area contributed by atoms with Crippen LogP contribution in [0.25, 0.3) is 0 Å². The van der Waals surface area contributed by atoms with Crippen LogP contribution in [0.5, 0.6) is 0 Å². The Bertz CT molecular complexity index is 576. The summed E-state index contributed by atoms with van der Waals surface area (Å²) in [5, 5.41) is 2.19. The van der Waals surface area contributed by atoms with Gasteiger partial charge in [0, 0.05) is 9.37 Å². The van der Waals surface area contributed by atoms with Gasteiger partial charge in [0.05, 0.1) is 5.56 Å². The molecular formula is C12H11BrN2O3S. The first-order valence-corrected chi connectivity index (χ1v) is 6.77. The Morgan fingerprint density at radius 1 is 1.47 bits per heavy atom. The van der Waals surface area contributed by atoms with Gasteiger partial charge in [-0.05, 0) is 41.1 Å². The van der Waals surface area contributed by atoms with Gasteiger partial charge in [0.1, 0.15) is 12.6 Å². The van der Waals surface area contributed by atoms with Crippen molar-refractivity contribution in [2.75, 3.05) is 6.54 Å². The molecule has 0 spiro atoms. The third-order valence-corrected chi connectivity index (χ3v) is 3.83. The lowest BCUT2D eigenvalue weighted by atomic mass is 10.1. The fourth-order valence-electron chi connectivity index (χ4n) is 1.79. The van der Waals surface area contributed by atoms with Gasteiger partial charge >= 0.3 is 0 Å². The van der Waals surface area contributed by atoms with Gasteiger partial charge in [-0.15, -0.1) is 12.6 Å². The Hall–Kier alpha value is -1.34. The molecule has 0 bridgehead atoms.